The SMILES string of the molecule is FC(F)c1n[nH]c(=S)n1N=Cc1cccc(OC(F)(F)C(F)F)c1. The molecular weight excluding hydrogens is 362 g/mol. The van der Waals surface area contributed by atoms with Crippen molar-refractivity contribution < 1.29 is 31.1 Å². The van der Waals surface area contributed by atoms with Crippen molar-refractivity contribution in [2.75, 3.05) is 0 Å². The van der Waals surface area contributed by atoms with Crippen molar-refractivity contribution in [3.8, 4) is 5.75 Å². The van der Waals surface area contributed by atoms with E-state index in [0.717, 1.165) is 18.3 Å². The lowest BCUT2D eigenvalue weighted by Gasteiger charge is -2.16. The van der Waals surface area contributed by atoms with Crippen LogP contribution in [0.5, 0.6) is 5.75 Å². The van der Waals surface area contributed by atoms with Crippen molar-refractivity contribution in [1.29, 1.82) is 0 Å². The number of alkyl halides is 6. The van der Waals surface area contributed by atoms with Gasteiger partial charge in [0.15, 0.2) is 0 Å². The molecule has 1 aromatic heterocycles. The predicted molar refractivity (Wildman–Crippen MR) is 73.4 cm³/mol. The van der Waals surface area contributed by atoms with E-state index in [1.54, 1.807) is 0 Å². The lowest BCUT2D eigenvalue weighted by atomic mass is 10.2. The Morgan fingerprint density at radius 3 is 2.62 bits per heavy atom. The standard InChI is InChI=1S/C12H8F6N4OS/c13-8(14)9-20-21-11(24)22(9)19-5-6-2-1-3-7(4-6)23-12(17,18)10(15)16/h1-5,8,10H,(H,21,24). The molecule has 2 rings (SSSR count). The highest BCUT2D eigenvalue weighted by atomic mass is 32.1. The summed E-state index contributed by atoms with van der Waals surface area (Å²) in [5.41, 5.74) is 0.126. The molecule has 0 saturated carbocycles. The molecule has 0 amide bonds. The zero-order valence-corrected chi connectivity index (χ0v) is 12.3. The van der Waals surface area contributed by atoms with Crippen LogP contribution < -0.4 is 4.74 Å². The minimum Gasteiger partial charge on any atom is -0.428 e. The molecule has 12 heteroatoms. The molecule has 0 bridgehead atoms. The van der Waals surface area contributed by atoms with Gasteiger partial charge in [-0.15, -0.1) is 0 Å². The number of hydrogen-bond donors (Lipinski definition) is 1. The van der Waals surface area contributed by atoms with E-state index in [1.807, 2.05) is 0 Å². The summed E-state index contributed by atoms with van der Waals surface area (Å²) < 4.78 is 79.6. The lowest BCUT2D eigenvalue weighted by Crippen LogP contribution is -2.33. The largest absolute Gasteiger partial charge is 0.461 e. The van der Waals surface area contributed by atoms with Gasteiger partial charge in [-0.25, -0.2) is 13.9 Å². The van der Waals surface area contributed by atoms with Gasteiger partial charge in [0.05, 0.1) is 6.21 Å². The first kappa shape index (κ1) is 18.0. The molecular formula is C12H8F6N4OS. The number of halogens is 6. The second-order valence-electron chi connectivity index (χ2n) is 4.28. The van der Waals surface area contributed by atoms with Gasteiger partial charge < -0.3 is 4.74 Å². The first-order valence-corrected chi connectivity index (χ1v) is 6.56. The van der Waals surface area contributed by atoms with Crippen LogP contribution in [0.1, 0.15) is 17.8 Å². The molecule has 0 spiro atoms. The fraction of sp³-hybridized carbons (Fsp3) is 0.250. The second-order valence-corrected chi connectivity index (χ2v) is 4.67. The molecule has 1 aromatic carbocycles. The maximum atomic E-state index is 12.8. The van der Waals surface area contributed by atoms with E-state index in [1.165, 1.54) is 12.1 Å². The Morgan fingerprint density at radius 2 is 2.00 bits per heavy atom. The number of benzene rings is 1. The van der Waals surface area contributed by atoms with Gasteiger partial charge in [0.25, 0.3) is 6.43 Å². The Kier molecular flexibility index (Phi) is 5.26. The topological polar surface area (TPSA) is 55.2 Å². The zero-order chi connectivity index (χ0) is 17.9. The molecule has 0 aliphatic rings. The fourth-order valence-electron chi connectivity index (χ4n) is 1.54. The van der Waals surface area contributed by atoms with Crippen molar-refractivity contribution >= 4 is 18.4 Å². The number of H-pyrrole nitrogens is 1. The van der Waals surface area contributed by atoms with Crippen LogP contribution in [0.25, 0.3) is 0 Å². The van der Waals surface area contributed by atoms with Crippen LogP contribution in [-0.4, -0.2) is 33.6 Å². The molecule has 0 atom stereocenters. The summed E-state index contributed by atoms with van der Waals surface area (Å²) in [4.78, 5) is 0. The summed E-state index contributed by atoms with van der Waals surface area (Å²) in [5.74, 6) is -1.29. The van der Waals surface area contributed by atoms with Crippen LogP contribution in [0.2, 0.25) is 0 Å². The molecule has 5 nitrogen and oxygen atoms in total. The Hall–Kier alpha value is -2.37. The summed E-state index contributed by atoms with van der Waals surface area (Å²) in [6, 6.07) is 4.61. The lowest BCUT2D eigenvalue weighted by molar-refractivity contribution is -0.253. The summed E-state index contributed by atoms with van der Waals surface area (Å²) in [6.07, 6.45) is -10.6. The summed E-state index contributed by atoms with van der Waals surface area (Å²) in [5, 5.41) is 9.06. The number of hydrogen-bond acceptors (Lipinski definition) is 4. The Labute approximate surface area is 135 Å². The van der Waals surface area contributed by atoms with Crippen molar-refractivity contribution in [2.45, 2.75) is 19.0 Å². The molecule has 0 radical (unpaired) electrons. The molecule has 0 saturated heterocycles. The number of nitrogens with zero attached hydrogens (tertiary/aromatic N) is 3. The van der Waals surface area contributed by atoms with E-state index in [4.69, 9.17) is 12.2 Å². The first-order valence-electron chi connectivity index (χ1n) is 6.15. The van der Waals surface area contributed by atoms with Crippen molar-refractivity contribution in [3.05, 3.63) is 40.4 Å². The Balaban J connectivity index is 2.24. The summed E-state index contributed by atoms with van der Waals surface area (Å²) >= 11 is 4.72. The molecule has 0 aliphatic carbocycles. The van der Waals surface area contributed by atoms with Gasteiger partial charge in [-0.1, -0.05) is 12.1 Å². The van der Waals surface area contributed by atoms with Gasteiger partial charge in [-0.05, 0) is 29.9 Å². The molecule has 1 N–H and O–H groups in total. The van der Waals surface area contributed by atoms with Crippen molar-refractivity contribution in [3.63, 3.8) is 0 Å². The third kappa shape index (κ3) is 4.13. The van der Waals surface area contributed by atoms with Crippen LogP contribution in [0, 0.1) is 4.77 Å². The number of aromatic nitrogens is 3. The Morgan fingerprint density at radius 1 is 1.29 bits per heavy atom. The minimum atomic E-state index is -4.66. The summed E-state index contributed by atoms with van der Waals surface area (Å²) in [7, 11) is 0. The van der Waals surface area contributed by atoms with Crippen LogP contribution >= 0.6 is 12.2 Å². The third-order valence-corrected chi connectivity index (χ3v) is 2.82. The smallest absolute Gasteiger partial charge is 0.428 e. The van der Waals surface area contributed by atoms with Crippen LogP contribution in [0.15, 0.2) is 29.4 Å². The van der Waals surface area contributed by atoms with E-state index in [2.05, 4.69) is 20.0 Å². The van der Waals surface area contributed by atoms with Gasteiger partial charge in [0.1, 0.15) is 5.75 Å². The van der Waals surface area contributed by atoms with Gasteiger partial charge in [-0.3, -0.25) is 0 Å². The monoisotopic (exact) mass is 370 g/mol. The van der Waals surface area contributed by atoms with E-state index in [-0.39, 0.29) is 10.3 Å². The van der Waals surface area contributed by atoms with Crippen molar-refractivity contribution in [2.24, 2.45) is 5.10 Å². The molecule has 130 valence electrons. The van der Waals surface area contributed by atoms with Crippen molar-refractivity contribution in [1.82, 2.24) is 14.9 Å². The van der Waals surface area contributed by atoms with Gasteiger partial charge in [0.2, 0.25) is 10.6 Å². The highest BCUT2D eigenvalue weighted by Gasteiger charge is 2.43. The summed E-state index contributed by atoms with van der Waals surface area (Å²) in [6.45, 7) is 0. The average Bonchev–Trinajstić information content (AvgIpc) is 2.86. The second kappa shape index (κ2) is 7.03. The van der Waals surface area contributed by atoms with E-state index >= 15 is 0 Å². The number of ether oxygens (including phenoxy) is 1. The highest BCUT2D eigenvalue weighted by molar-refractivity contribution is 7.71. The number of rotatable bonds is 6. The van der Waals surface area contributed by atoms with E-state index < -0.39 is 30.5 Å². The normalized spacial score (nSPS) is 12.5. The molecule has 0 fully saturated rings. The Bertz CT molecular complexity index is 788. The van der Waals surface area contributed by atoms with E-state index in [0.29, 0.717) is 4.68 Å². The zero-order valence-electron chi connectivity index (χ0n) is 11.5. The maximum Gasteiger partial charge on any atom is 0.461 e. The number of aromatic amines is 1. The minimum absolute atomic E-state index is 0.126. The number of nitrogens with one attached hydrogen (secondary N) is 1. The van der Waals surface area contributed by atoms with E-state index in [9.17, 15) is 26.3 Å². The first-order chi connectivity index (χ1) is 11.2. The molecule has 0 aliphatic heterocycles. The maximum absolute atomic E-state index is 12.8. The third-order valence-electron chi connectivity index (χ3n) is 2.56. The highest BCUT2D eigenvalue weighted by Crippen LogP contribution is 2.27. The van der Waals surface area contributed by atoms with Crippen LogP contribution in [0.4, 0.5) is 26.3 Å². The van der Waals surface area contributed by atoms with Gasteiger partial charge in [-0.2, -0.15) is 32.4 Å². The van der Waals surface area contributed by atoms with Crippen LogP contribution in [0.3, 0.4) is 0 Å². The fourth-order valence-corrected chi connectivity index (χ4v) is 1.73. The quantitative estimate of drug-likeness (QED) is 0.475. The van der Waals surface area contributed by atoms with Crippen LogP contribution in [-0.2, 0) is 0 Å². The van der Waals surface area contributed by atoms with Gasteiger partial charge >= 0.3 is 12.5 Å². The molecule has 0 unspecified atom stereocenters. The average molecular weight is 370 g/mol. The predicted octanol–water partition coefficient (Wildman–Crippen LogP) is 4.00. The van der Waals surface area contributed by atoms with Gasteiger partial charge in [0, 0.05) is 0 Å². The molecule has 1 heterocycles. The molecule has 24 heavy (non-hydrogen) atoms. The molecule has 2 aromatic rings.